The smallest absolute Gasteiger partial charge is 0.136 e. The number of hydrogen-bond donors (Lipinski definition) is 0. The van der Waals surface area contributed by atoms with Crippen molar-refractivity contribution < 1.29 is 4.79 Å². The fraction of sp³-hybridized carbons (Fsp3) is 0.950. The van der Waals surface area contributed by atoms with Gasteiger partial charge in [-0.2, -0.15) is 11.8 Å². The Labute approximate surface area is 144 Å². The van der Waals surface area contributed by atoms with Crippen molar-refractivity contribution in [2.75, 3.05) is 5.75 Å². The number of thioether (sulfide) groups is 1. The van der Waals surface area contributed by atoms with Crippen molar-refractivity contribution in [1.29, 1.82) is 0 Å². The van der Waals surface area contributed by atoms with Gasteiger partial charge in [0.15, 0.2) is 0 Å². The largest absolute Gasteiger partial charge is 0.299 e. The number of carbonyl (C=O) groups excluding carboxylic acids is 1. The second-order valence-corrected chi connectivity index (χ2v) is 8.39. The molecule has 0 spiro atoms. The van der Waals surface area contributed by atoms with Gasteiger partial charge in [-0.3, -0.25) is 4.79 Å². The van der Waals surface area contributed by atoms with Crippen molar-refractivity contribution in [3.05, 3.63) is 0 Å². The van der Waals surface area contributed by atoms with Gasteiger partial charge in [0.2, 0.25) is 0 Å². The second-order valence-electron chi connectivity index (χ2n) is 6.84. The van der Waals surface area contributed by atoms with Crippen LogP contribution in [0.25, 0.3) is 0 Å². The summed E-state index contributed by atoms with van der Waals surface area (Å²) < 4.78 is 0. The van der Waals surface area contributed by atoms with E-state index >= 15 is 0 Å². The monoisotopic (exact) mass is 328 g/mol. The van der Waals surface area contributed by atoms with Gasteiger partial charge in [-0.1, -0.05) is 85.5 Å². The van der Waals surface area contributed by atoms with Crippen molar-refractivity contribution >= 4 is 17.5 Å². The highest BCUT2D eigenvalue weighted by Crippen LogP contribution is 2.20. The van der Waals surface area contributed by atoms with Gasteiger partial charge in [0.25, 0.3) is 0 Å². The molecule has 0 fully saturated rings. The van der Waals surface area contributed by atoms with Crippen molar-refractivity contribution in [3.8, 4) is 0 Å². The van der Waals surface area contributed by atoms with Crippen LogP contribution in [0.3, 0.4) is 0 Å². The van der Waals surface area contributed by atoms with E-state index < -0.39 is 0 Å². The lowest BCUT2D eigenvalue weighted by atomic mass is 10.0. The Kier molecular flexibility index (Phi) is 15.9. The molecule has 0 N–H and O–H groups in total. The zero-order valence-electron chi connectivity index (χ0n) is 15.7. The summed E-state index contributed by atoms with van der Waals surface area (Å²) in [5.74, 6) is 1.93. The van der Waals surface area contributed by atoms with Gasteiger partial charge < -0.3 is 0 Å². The first-order valence-electron chi connectivity index (χ1n) is 9.76. The minimum atomic E-state index is 0.250. The number of carbonyl (C=O) groups is 1. The molecule has 0 saturated carbocycles. The van der Waals surface area contributed by atoms with E-state index in [-0.39, 0.29) is 5.92 Å². The Balaban J connectivity index is 3.30. The molecule has 1 nitrogen and oxygen atoms in total. The van der Waals surface area contributed by atoms with Crippen LogP contribution in [-0.2, 0) is 4.79 Å². The van der Waals surface area contributed by atoms with Gasteiger partial charge in [-0.15, -0.1) is 0 Å². The van der Waals surface area contributed by atoms with Crippen LogP contribution in [0.5, 0.6) is 0 Å². The predicted octanol–water partition coefficient (Wildman–Crippen LogP) is 7.03. The summed E-state index contributed by atoms with van der Waals surface area (Å²) in [5, 5.41) is 0.500. The van der Waals surface area contributed by atoms with E-state index in [1.807, 2.05) is 11.8 Å². The summed E-state index contributed by atoms with van der Waals surface area (Å²) in [6, 6.07) is 0. The van der Waals surface area contributed by atoms with Gasteiger partial charge in [0.1, 0.15) is 5.78 Å². The van der Waals surface area contributed by atoms with Gasteiger partial charge in [0, 0.05) is 17.6 Å². The third-order valence-electron chi connectivity index (χ3n) is 4.55. The van der Waals surface area contributed by atoms with Crippen LogP contribution in [0.4, 0.5) is 0 Å². The van der Waals surface area contributed by atoms with Crippen LogP contribution in [0.15, 0.2) is 0 Å². The summed E-state index contributed by atoms with van der Waals surface area (Å²) in [6.45, 7) is 8.65. The molecule has 0 amide bonds. The summed E-state index contributed by atoms with van der Waals surface area (Å²) in [7, 11) is 0. The van der Waals surface area contributed by atoms with Crippen LogP contribution < -0.4 is 0 Å². The molecule has 0 aliphatic rings. The quantitative estimate of drug-likeness (QED) is 0.283. The SMILES string of the molecule is CCCCCCCCCCCCSC(C)CC(=O)C(C)CC. The van der Waals surface area contributed by atoms with Crippen LogP contribution in [0.1, 0.15) is 105 Å². The standard InChI is InChI=1S/C20H40OS/c1-5-7-8-9-10-11-12-13-14-15-16-22-19(4)17-20(21)18(3)6-2/h18-19H,5-17H2,1-4H3. The van der Waals surface area contributed by atoms with Crippen LogP contribution in [0, 0.1) is 5.92 Å². The molecule has 22 heavy (non-hydrogen) atoms. The highest BCUT2D eigenvalue weighted by atomic mass is 32.2. The van der Waals surface area contributed by atoms with E-state index in [1.165, 1.54) is 70.0 Å². The molecule has 0 aromatic heterocycles. The molecular formula is C20H40OS. The first kappa shape index (κ1) is 22.0. The third kappa shape index (κ3) is 13.7. The van der Waals surface area contributed by atoms with Gasteiger partial charge in [-0.25, -0.2) is 0 Å². The number of rotatable bonds is 16. The molecule has 2 heteroatoms. The van der Waals surface area contributed by atoms with E-state index in [4.69, 9.17) is 0 Å². The fourth-order valence-corrected chi connectivity index (χ4v) is 3.70. The lowest BCUT2D eigenvalue weighted by Crippen LogP contribution is -2.15. The van der Waals surface area contributed by atoms with Crippen molar-refractivity contribution in [2.24, 2.45) is 5.92 Å². The molecule has 0 saturated heterocycles. The molecule has 0 aliphatic carbocycles. The first-order chi connectivity index (χ1) is 10.6. The molecule has 0 aromatic rings. The summed E-state index contributed by atoms with van der Waals surface area (Å²) in [4.78, 5) is 11.9. The van der Waals surface area contributed by atoms with Crippen molar-refractivity contribution in [1.82, 2.24) is 0 Å². The number of hydrogen-bond acceptors (Lipinski definition) is 2. The van der Waals surface area contributed by atoms with E-state index in [0.717, 1.165) is 12.8 Å². The Morgan fingerprint density at radius 2 is 1.32 bits per heavy atom. The zero-order valence-corrected chi connectivity index (χ0v) is 16.5. The average Bonchev–Trinajstić information content (AvgIpc) is 2.51. The molecule has 0 rings (SSSR count). The molecule has 2 atom stereocenters. The molecule has 0 radical (unpaired) electrons. The number of unbranched alkanes of at least 4 members (excludes halogenated alkanes) is 9. The van der Waals surface area contributed by atoms with Gasteiger partial charge in [-0.05, 0) is 18.6 Å². The van der Waals surface area contributed by atoms with Crippen LogP contribution in [0.2, 0.25) is 0 Å². The molecule has 0 aliphatic heterocycles. The molecule has 0 heterocycles. The summed E-state index contributed by atoms with van der Waals surface area (Å²) >= 11 is 1.99. The third-order valence-corrected chi connectivity index (χ3v) is 5.81. The minimum absolute atomic E-state index is 0.250. The lowest BCUT2D eigenvalue weighted by Gasteiger charge is -2.13. The molecule has 132 valence electrons. The average molecular weight is 329 g/mol. The lowest BCUT2D eigenvalue weighted by molar-refractivity contribution is -0.122. The molecular weight excluding hydrogens is 288 g/mol. The first-order valence-corrected chi connectivity index (χ1v) is 10.8. The summed E-state index contributed by atoms with van der Waals surface area (Å²) in [5.41, 5.74) is 0. The van der Waals surface area contributed by atoms with Gasteiger partial charge in [0.05, 0.1) is 0 Å². The summed E-state index contributed by atoms with van der Waals surface area (Å²) in [6.07, 6.45) is 15.7. The maximum Gasteiger partial charge on any atom is 0.136 e. The second kappa shape index (κ2) is 15.9. The van der Waals surface area contributed by atoms with E-state index in [0.29, 0.717) is 11.0 Å². The Hall–Kier alpha value is 0.0200. The predicted molar refractivity (Wildman–Crippen MR) is 103 cm³/mol. The number of Topliss-reactive ketones (excluding diaryl/α,β-unsaturated/α-hetero) is 1. The highest BCUT2D eigenvalue weighted by Gasteiger charge is 2.14. The van der Waals surface area contributed by atoms with E-state index in [2.05, 4.69) is 27.7 Å². The van der Waals surface area contributed by atoms with Crippen LogP contribution in [-0.4, -0.2) is 16.8 Å². The van der Waals surface area contributed by atoms with Crippen molar-refractivity contribution in [3.63, 3.8) is 0 Å². The highest BCUT2D eigenvalue weighted by molar-refractivity contribution is 7.99. The molecule has 2 unspecified atom stereocenters. The zero-order chi connectivity index (χ0) is 16.6. The Morgan fingerprint density at radius 3 is 1.82 bits per heavy atom. The molecule has 0 bridgehead atoms. The topological polar surface area (TPSA) is 17.1 Å². The van der Waals surface area contributed by atoms with Gasteiger partial charge >= 0.3 is 0 Å². The van der Waals surface area contributed by atoms with E-state index in [1.54, 1.807) is 0 Å². The normalized spacial score (nSPS) is 14.0. The minimum Gasteiger partial charge on any atom is -0.299 e. The van der Waals surface area contributed by atoms with E-state index in [9.17, 15) is 4.79 Å². The maximum atomic E-state index is 11.9. The van der Waals surface area contributed by atoms with Crippen LogP contribution >= 0.6 is 11.8 Å². The Bertz CT molecular complexity index is 252. The maximum absolute atomic E-state index is 11.9. The fourth-order valence-electron chi connectivity index (χ4n) is 2.65. The Morgan fingerprint density at radius 1 is 0.818 bits per heavy atom. The molecule has 0 aromatic carbocycles. The van der Waals surface area contributed by atoms with Crippen molar-refractivity contribution in [2.45, 2.75) is 110 Å². The number of ketones is 1.